The Bertz CT molecular complexity index is 1800. The average Bonchev–Trinajstić information content (AvgIpc) is 3.48. The number of carbonyl (C=O) groups excluding carboxylic acids is 1. The predicted octanol–water partition coefficient (Wildman–Crippen LogP) is 16.4. The van der Waals surface area contributed by atoms with Crippen LogP contribution in [0.25, 0.3) is 0 Å². The van der Waals surface area contributed by atoms with Crippen molar-refractivity contribution in [3.05, 3.63) is 158 Å². The van der Waals surface area contributed by atoms with Crippen molar-refractivity contribution in [3.8, 4) is 0 Å². The molecular formula is C70H113NO8. The van der Waals surface area contributed by atoms with Crippen molar-refractivity contribution < 1.29 is 39.8 Å². The van der Waals surface area contributed by atoms with Gasteiger partial charge in [0.05, 0.1) is 25.4 Å². The van der Waals surface area contributed by atoms with Gasteiger partial charge in [-0.15, -0.1) is 0 Å². The lowest BCUT2D eigenvalue weighted by molar-refractivity contribution is -0.302. The minimum absolute atomic E-state index is 0.207. The van der Waals surface area contributed by atoms with Gasteiger partial charge < -0.3 is 40.3 Å². The Kier molecular flexibility index (Phi) is 52.6. The van der Waals surface area contributed by atoms with Crippen molar-refractivity contribution in [2.75, 3.05) is 13.2 Å². The molecule has 0 saturated carbocycles. The fourth-order valence-corrected chi connectivity index (χ4v) is 8.69. The van der Waals surface area contributed by atoms with E-state index in [1.54, 1.807) is 6.08 Å². The third-order valence-electron chi connectivity index (χ3n) is 13.6. The number of amides is 1. The molecule has 6 N–H and O–H groups in total. The van der Waals surface area contributed by atoms with Crippen LogP contribution in [0, 0.1) is 0 Å². The van der Waals surface area contributed by atoms with E-state index >= 15 is 0 Å². The first-order valence-corrected chi connectivity index (χ1v) is 31.2. The molecule has 0 bridgehead atoms. The van der Waals surface area contributed by atoms with Crippen LogP contribution < -0.4 is 5.32 Å². The molecule has 9 nitrogen and oxygen atoms in total. The van der Waals surface area contributed by atoms with E-state index in [0.29, 0.717) is 6.42 Å². The molecule has 1 aliphatic rings. The zero-order valence-electron chi connectivity index (χ0n) is 49.6. The lowest BCUT2D eigenvalue weighted by Crippen LogP contribution is -2.60. The molecule has 1 aliphatic heterocycles. The van der Waals surface area contributed by atoms with Gasteiger partial charge in [0, 0.05) is 6.42 Å². The smallest absolute Gasteiger partial charge is 0.220 e. The fourth-order valence-electron chi connectivity index (χ4n) is 8.69. The number of ether oxygens (including phenoxy) is 2. The molecule has 0 radical (unpaired) electrons. The predicted molar refractivity (Wildman–Crippen MR) is 336 cm³/mol. The van der Waals surface area contributed by atoms with Crippen molar-refractivity contribution >= 4 is 5.91 Å². The van der Waals surface area contributed by atoms with Crippen LogP contribution in [-0.2, 0) is 14.3 Å². The van der Waals surface area contributed by atoms with Crippen LogP contribution in [0.15, 0.2) is 158 Å². The summed E-state index contributed by atoms with van der Waals surface area (Å²) < 4.78 is 11.2. The summed E-state index contributed by atoms with van der Waals surface area (Å²) in [5.41, 5.74) is 0. The SMILES string of the molecule is CC/C=C\C/C=C\C/C=C\C/C=C\C/C=C\C/C=C\C/C=C\C/C=C\C/C=C\C/C=C\CCCCCCCCCCC(=O)NC(COC1OC(CO)C(O)C(O)C1O)C(O)/C=C/CC/C=C/CC/C=C/CCCCCCCCC. The number of allylic oxidation sites excluding steroid dienone is 25. The number of aliphatic hydroxyl groups is 5. The van der Waals surface area contributed by atoms with Gasteiger partial charge in [-0.3, -0.25) is 4.79 Å². The molecule has 446 valence electrons. The number of aliphatic hydroxyl groups excluding tert-OH is 5. The molecule has 0 aromatic rings. The van der Waals surface area contributed by atoms with Gasteiger partial charge in [-0.2, -0.15) is 0 Å². The molecule has 1 fully saturated rings. The number of hydrogen-bond acceptors (Lipinski definition) is 8. The minimum Gasteiger partial charge on any atom is -0.394 e. The average molecular weight is 1100 g/mol. The van der Waals surface area contributed by atoms with E-state index in [4.69, 9.17) is 9.47 Å². The maximum absolute atomic E-state index is 13.1. The molecule has 1 amide bonds. The van der Waals surface area contributed by atoms with Crippen molar-refractivity contribution in [1.82, 2.24) is 5.32 Å². The van der Waals surface area contributed by atoms with E-state index in [1.807, 2.05) is 6.08 Å². The van der Waals surface area contributed by atoms with E-state index in [2.05, 4.69) is 165 Å². The Balaban J connectivity index is 2.20. The summed E-state index contributed by atoms with van der Waals surface area (Å²) in [6.07, 6.45) is 83.1. The van der Waals surface area contributed by atoms with Crippen LogP contribution in [0.3, 0.4) is 0 Å². The summed E-state index contributed by atoms with van der Waals surface area (Å²) in [5, 5.41) is 54.5. The van der Waals surface area contributed by atoms with Gasteiger partial charge in [0.1, 0.15) is 24.4 Å². The molecule has 0 spiro atoms. The summed E-state index contributed by atoms with van der Waals surface area (Å²) in [6.45, 7) is 3.62. The van der Waals surface area contributed by atoms with Crippen LogP contribution >= 0.6 is 0 Å². The van der Waals surface area contributed by atoms with Crippen LogP contribution in [0.5, 0.6) is 0 Å². The first kappa shape index (κ1) is 72.8. The second-order valence-electron chi connectivity index (χ2n) is 20.7. The Morgan fingerprint density at radius 2 is 0.797 bits per heavy atom. The summed E-state index contributed by atoms with van der Waals surface area (Å²) in [5.74, 6) is -0.207. The van der Waals surface area contributed by atoms with Crippen molar-refractivity contribution in [3.63, 3.8) is 0 Å². The summed E-state index contributed by atoms with van der Waals surface area (Å²) in [4.78, 5) is 13.1. The third kappa shape index (κ3) is 46.2. The molecule has 9 heteroatoms. The molecule has 7 atom stereocenters. The number of nitrogens with one attached hydrogen (secondary N) is 1. The highest BCUT2D eigenvalue weighted by atomic mass is 16.7. The van der Waals surface area contributed by atoms with Gasteiger partial charge in [-0.1, -0.05) is 249 Å². The lowest BCUT2D eigenvalue weighted by atomic mass is 9.99. The summed E-state index contributed by atoms with van der Waals surface area (Å²) in [7, 11) is 0. The Hall–Kier alpha value is -4.19. The topological polar surface area (TPSA) is 149 Å². The Morgan fingerprint density at radius 1 is 0.443 bits per heavy atom. The van der Waals surface area contributed by atoms with E-state index in [0.717, 1.165) is 128 Å². The molecule has 0 aliphatic carbocycles. The zero-order chi connectivity index (χ0) is 57.2. The van der Waals surface area contributed by atoms with Gasteiger partial charge in [0.2, 0.25) is 5.91 Å². The molecule has 1 saturated heterocycles. The standard InChI is InChI=1S/C70H113NO8/c1-3-5-7-9-11-13-15-17-19-21-22-23-24-25-26-27-28-29-30-31-32-33-34-35-36-37-38-39-40-41-42-44-46-48-50-52-54-56-58-60-66(74)71-63(62-78-70-69(77)68(76)67(75)65(61-72)79-70)64(73)59-57-55-53-51-49-47-45-43-20-18-16-14-12-10-8-6-4-2/h5,7,11,13,17,19-20,22-23,25-26,28-29,31-32,34-35,37-38,40-41,43,49,51,57,59,63-65,67-70,72-73,75-77H,3-4,6,8-10,12,14-16,18,21,24,27,30,33,36,39,42,44-48,50,52-56,58,60-62H2,1-2H3,(H,71,74)/b7-5-,13-11-,19-17-,23-22-,26-25-,29-28-,32-31-,35-34-,38-37-,41-40-,43-20+,51-49+,59-57+. The minimum atomic E-state index is -1.59. The number of hydrogen-bond donors (Lipinski definition) is 6. The second-order valence-corrected chi connectivity index (χ2v) is 20.7. The van der Waals surface area contributed by atoms with Gasteiger partial charge in [-0.05, 0) is 122 Å². The highest BCUT2D eigenvalue weighted by Gasteiger charge is 2.44. The van der Waals surface area contributed by atoms with E-state index < -0.39 is 49.5 Å². The summed E-state index contributed by atoms with van der Waals surface area (Å²) in [6, 6.07) is -0.844. The van der Waals surface area contributed by atoms with Gasteiger partial charge in [0.25, 0.3) is 0 Å². The Labute approximate surface area is 482 Å². The molecule has 7 unspecified atom stereocenters. The molecular weight excluding hydrogens is 983 g/mol. The van der Waals surface area contributed by atoms with Gasteiger partial charge in [-0.25, -0.2) is 0 Å². The van der Waals surface area contributed by atoms with E-state index in [9.17, 15) is 30.3 Å². The number of rotatable bonds is 51. The largest absolute Gasteiger partial charge is 0.394 e. The van der Waals surface area contributed by atoms with E-state index in [-0.39, 0.29) is 12.5 Å². The highest BCUT2D eigenvalue weighted by molar-refractivity contribution is 5.76. The third-order valence-corrected chi connectivity index (χ3v) is 13.6. The van der Waals surface area contributed by atoms with Crippen molar-refractivity contribution in [1.29, 1.82) is 0 Å². The first-order valence-electron chi connectivity index (χ1n) is 31.2. The molecule has 79 heavy (non-hydrogen) atoms. The number of carbonyl (C=O) groups is 1. The molecule has 1 heterocycles. The van der Waals surface area contributed by atoms with Crippen molar-refractivity contribution in [2.24, 2.45) is 0 Å². The fraction of sp³-hybridized carbons (Fsp3) is 0.614. The lowest BCUT2D eigenvalue weighted by Gasteiger charge is -2.40. The van der Waals surface area contributed by atoms with Crippen LogP contribution in [0.4, 0.5) is 0 Å². The quantitative estimate of drug-likeness (QED) is 0.0261. The maximum atomic E-state index is 13.1. The maximum Gasteiger partial charge on any atom is 0.220 e. The molecule has 0 aromatic carbocycles. The number of unbranched alkanes of at least 4 members (excludes halogenated alkanes) is 17. The first-order chi connectivity index (χ1) is 38.8. The van der Waals surface area contributed by atoms with Crippen LogP contribution in [0.1, 0.15) is 219 Å². The van der Waals surface area contributed by atoms with Crippen LogP contribution in [0.2, 0.25) is 0 Å². The van der Waals surface area contributed by atoms with E-state index in [1.165, 1.54) is 70.6 Å². The van der Waals surface area contributed by atoms with Crippen molar-refractivity contribution in [2.45, 2.75) is 262 Å². The van der Waals surface area contributed by atoms with Crippen LogP contribution in [-0.4, -0.2) is 87.5 Å². The molecule has 1 rings (SSSR count). The van der Waals surface area contributed by atoms with Gasteiger partial charge >= 0.3 is 0 Å². The summed E-state index contributed by atoms with van der Waals surface area (Å²) >= 11 is 0. The molecule has 0 aromatic heterocycles. The second kappa shape index (κ2) is 57.1. The Morgan fingerprint density at radius 3 is 1.22 bits per heavy atom. The monoisotopic (exact) mass is 1100 g/mol. The normalized spacial score (nSPS) is 19.7. The zero-order valence-corrected chi connectivity index (χ0v) is 49.6. The highest BCUT2D eigenvalue weighted by Crippen LogP contribution is 2.23. The van der Waals surface area contributed by atoms with Gasteiger partial charge in [0.15, 0.2) is 6.29 Å².